The molecule has 2 fully saturated rings. The summed E-state index contributed by atoms with van der Waals surface area (Å²) in [6.45, 7) is 2.36. The number of hydrogen-bond donors (Lipinski definition) is 1. The second-order valence-corrected chi connectivity index (χ2v) is 8.87. The molecule has 0 unspecified atom stereocenters. The minimum Gasteiger partial charge on any atom is -0.481 e. The van der Waals surface area contributed by atoms with Crippen LogP contribution >= 0.6 is 0 Å². The zero-order valence-corrected chi connectivity index (χ0v) is 19.2. The summed E-state index contributed by atoms with van der Waals surface area (Å²) in [5.74, 6) is 2.17. The van der Waals surface area contributed by atoms with Gasteiger partial charge < -0.3 is 19.5 Å². The minimum atomic E-state index is 0.264. The summed E-state index contributed by atoms with van der Waals surface area (Å²) in [5.41, 5.74) is 2.49. The van der Waals surface area contributed by atoms with Crippen molar-refractivity contribution in [2.24, 2.45) is 0 Å². The van der Waals surface area contributed by atoms with Crippen LogP contribution in [-0.2, 0) is 4.79 Å². The number of hydrogen-bond acceptors (Lipinski definition) is 7. The third-order valence-electron chi connectivity index (χ3n) is 6.66. The lowest BCUT2D eigenvalue weighted by Crippen LogP contribution is -2.27. The zero-order valence-electron chi connectivity index (χ0n) is 19.2. The molecular weight excluding hydrogens is 418 g/mol. The van der Waals surface area contributed by atoms with Gasteiger partial charge in [-0.1, -0.05) is 19.3 Å². The zero-order chi connectivity index (χ0) is 22.6. The van der Waals surface area contributed by atoms with E-state index >= 15 is 0 Å². The molecule has 1 aliphatic carbocycles. The summed E-state index contributed by atoms with van der Waals surface area (Å²) in [6, 6.07) is 4.17. The van der Waals surface area contributed by atoms with Crippen LogP contribution in [-0.4, -0.2) is 62.1 Å². The highest BCUT2D eigenvalue weighted by Crippen LogP contribution is 2.32. The molecule has 9 heteroatoms. The monoisotopic (exact) mass is 449 g/mol. The van der Waals surface area contributed by atoms with Gasteiger partial charge in [0.05, 0.1) is 13.4 Å². The van der Waals surface area contributed by atoms with Crippen molar-refractivity contribution in [1.82, 2.24) is 29.4 Å². The molecule has 0 bridgehead atoms. The molecule has 3 aromatic rings. The maximum Gasteiger partial charge on any atom is 0.222 e. The van der Waals surface area contributed by atoms with Crippen LogP contribution in [0.25, 0.3) is 22.6 Å². The molecule has 1 amide bonds. The van der Waals surface area contributed by atoms with Crippen molar-refractivity contribution in [2.75, 3.05) is 32.1 Å². The Bertz CT molecular complexity index is 1110. The number of ether oxygens (including phenoxy) is 1. The molecule has 0 aromatic carbocycles. The maximum absolute atomic E-state index is 11.9. The first kappa shape index (κ1) is 21.6. The molecule has 33 heavy (non-hydrogen) atoms. The molecule has 5 rings (SSSR count). The third kappa shape index (κ3) is 4.62. The number of carbonyl (C=O) groups is 1. The average molecular weight is 450 g/mol. The normalized spacial score (nSPS) is 17.1. The number of rotatable bonds is 8. The first-order valence-corrected chi connectivity index (χ1v) is 12.0. The average Bonchev–Trinajstić information content (AvgIpc) is 3.48. The third-order valence-corrected chi connectivity index (χ3v) is 6.66. The van der Waals surface area contributed by atoms with Gasteiger partial charge in [-0.15, -0.1) is 0 Å². The van der Waals surface area contributed by atoms with E-state index in [0.29, 0.717) is 30.7 Å². The first-order chi connectivity index (χ1) is 16.2. The van der Waals surface area contributed by atoms with Gasteiger partial charge in [-0.3, -0.25) is 4.79 Å². The van der Waals surface area contributed by atoms with Crippen LogP contribution in [0.1, 0.15) is 57.4 Å². The Balaban J connectivity index is 1.42. The van der Waals surface area contributed by atoms with E-state index < -0.39 is 0 Å². The fraction of sp³-hybridized carbons (Fsp3) is 0.542. The lowest BCUT2D eigenvalue weighted by Gasteiger charge is -2.23. The van der Waals surface area contributed by atoms with Crippen molar-refractivity contribution in [3.63, 3.8) is 0 Å². The van der Waals surface area contributed by atoms with Gasteiger partial charge in [-0.2, -0.15) is 0 Å². The van der Waals surface area contributed by atoms with Gasteiger partial charge in [-0.25, -0.2) is 19.9 Å². The maximum atomic E-state index is 11.9. The van der Waals surface area contributed by atoms with Crippen molar-refractivity contribution in [3.8, 4) is 17.3 Å². The van der Waals surface area contributed by atoms with Crippen LogP contribution in [0, 0.1) is 0 Å². The van der Waals surface area contributed by atoms with E-state index in [4.69, 9.17) is 19.7 Å². The number of methoxy groups -OCH3 is 1. The van der Waals surface area contributed by atoms with E-state index in [1.165, 1.54) is 19.3 Å². The van der Waals surface area contributed by atoms with Crippen LogP contribution in [0.4, 0.5) is 5.82 Å². The van der Waals surface area contributed by atoms with E-state index in [1.54, 1.807) is 13.3 Å². The molecule has 1 aliphatic heterocycles. The summed E-state index contributed by atoms with van der Waals surface area (Å²) in [7, 11) is 1.60. The number of amides is 1. The number of likely N-dealkylation sites (tertiary alicyclic amines) is 1. The van der Waals surface area contributed by atoms with Crippen molar-refractivity contribution >= 4 is 22.9 Å². The van der Waals surface area contributed by atoms with E-state index in [-0.39, 0.29) is 5.91 Å². The van der Waals surface area contributed by atoms with Gasteiger partial charge in [0, 0.05) is 49.9 Å². The van der Waals surface area contributed by atoms with Gasteiger partial charge in [0.1, 0.15) is 5.52 Å². The van der Waals surface area contributed by atoms with E-state index in [2.05, 4.69) is 14.9 Å². The molecule has 0 spiro atoms. The highest BCUT2D eigenvalue weighted by molar-refractivity contribution is 5.85. The Labute approximate surface area is 193 Å². The first-order valence-electron chi connectivity index (χ1n) is 12.0. The number of nitrogens with zero attached hydrogens (tertiary/aromatic N) is 6. The molecule has 0 radical (unpaired) electrons. The second kappa shape index (κ2) is 9.72. The number of fused-ring (bicyclic) bond motifs is 1. The van der Waals surface area contributed by atoms with Crippen LogP contribution in [0.2, 0.25) is 0 Å². The quantitative estimate of drug-likeness (QED) is 0.522. The Kier molecular flexibility index (Phi) is 6.37. The van der Waals surface area contributed by atoms with Crippen LogP contribution in [0.15, 0.2) is 24.7 Å². The largest absolute Gasteiger partial charge is 0.481 e. The number of pyridine rings is 1. The number of imidazole rings is 1. The van der Waals surface area contributed by atoms with Crippen molar-refractivity contribution < 1.29 is 9.53 Å². The van der Waals surface area contributed by atoms with Crippen LogP contribution in [0.3, 0.4) is 0 Å². The Morgan fingerprint density at radius 3 is 2.73 bits per heavy atom. The van der Waals surface area contributed by atoms with Gasteiger partial charge in [0.25, 0.3) is 0 Å². The summed E-state index contributed by atoms with van der Waals surface area (Å²) < 4.78 is 7.42. The van der Waals surface area contributed by atoms with Gasteiger partial charge >= 0.3 is 0 Å². The molecular formula is C24H31N7O2. The topological polar surface area (TPSA) is 98.1 Å². The van der Waals surface area contributed by atoms with Gasteiger partial charge in [-0.05, 0) is 31.7 Å². The molecule has 3 aromatic heterocycles. The SMILES string of the molecule is COc1ccc(-c2nc(NCCCN3CCCC3=O)c3ncn(C4CCCCC4)c3n2)cn1. The summed E-state index contributed by atoms with van der Waals surface area (Å²) in [6.07, 6.45) is 12.3. The molecule has 0 atom stereocenters. The number of anilines is 1. The molecule has 174 valence electrons. The predicted molar refractivity (Wildman–Crippen MR) is 126 cm³/mol. The number of aromatic nitrogens is 5. The van der Waals surface area contributed by atoms with Gasteiger partial charge in [0.2, 0.25) is 11.8 Å². The molecule has 1 saturated carbocycles. The van der Waals surface area contributed by atoms with E-state index in [0.717, 1.165) is 61.3 Å². The summed E-state index contributed by atoms with van der Waals surface area (Å²) >= 11 is 0. The fourth-order valence-corrected chi connectivity index (χ4v) is 4.85. The molecule has 4 heterocycles. The molecule has 9 nitrogen and oxygen atoms in total. The Hall–Kier alpha value is -3.23. The number of carbonyl (C=O) groups excluding carboxylic acids is 1. The smallest absolute Gasteiger partial charge is 0.222 e. The standard InChI is InChI=1S/C24H31N7O2/c1-33-19-11-10-17(15-26-19)22-28-23(25-12-6-14-30-13-5-9-20(30)32)21-24(29-22)31(16-27-21)18-7-3-2-4-8-18/h10-11,15-16,18H,2-9,12-14H2,1H3,(H,25,28,29). The van der Waals surface area contributed by atoms with Crippen molar-refractivity contribution in [2.45, 2.75) is 57.4 Å². The lowest BCUT2D eigenvalue weighted by atomic mass is 9.95. The predicted octanol–water partition coefficient (Wildman–Crippen LogP) is 3.83. The van der Waals surface area contributed by atoms with Gasteiger partial charge in [0.15, 0.2) is 17.3 Å². The second-order valence-electron chi connectivity index (χ2n) is 8.87. The Morgan fingerprint density at radius 1 is 1.12 bits per heavy atom. The minimum absolute atomic E-state index is 0.264. The Morgan fingerprint density at radius 2 is 2.00 bits per heavy atom. The highest BCUT2D eigenvalue weighted by Gasteiger charge is 2.22. The summed E-state index contributed by atoms with van der Waals surface area (Å²) in [4.78, 5) is 32.6. The lowest BCUT2D eigenvalue weighted by molar-refractivity contribution is -0.127. The number of nitrogens with one attached hydrogen (secondary N) is 1. The van der Waals surface area contributed by atoms with Crippen LogP contribution in [0.5, 0.6) is 5.88 Å². The van der Waals surface area contributed by atoms with E-state index in [1.807, 2.05) is 23.4 Å². The molecule has 1 N–H and O–H groups in total. The highest BCUT2D eigenvalue weighted by atomic mass is 16.5. The molecule has 2 aliphatic rings. The molecule has 1 saturated heterocycles. The summed E-state index contributed by atoms with van der Waals surface area (Å²) in [5, 5.41) is 3.47. The van der Waals surface area contributed by atoms with Crippen molar-refractivity contribution in [1.29, 1.82) is 0 Å². The fourth-order valence-electron chi connectivity index (χ4n) is 4.85. The van der Waals surface area contributed by atoms with E-state index in [9.17, 15) is 4.79 Å². The van der Waals surface area contributed by atoms with Crippen molar-refractivity contribution in [3.05, 3.63) is 24.7 Å². The van der Waals surface area contributed by atoms with Crippen LogP contribution < -0.4 is 10.1 Å².